The molecule has 102 valence electrons. The van der Waals surface area contributed by atoms with Crippen molar-refractivity contribution in [1.82, 2.24) is 3.96 Å². The van der Waals surface area contributed by atoms with Crippen LogP contribution in [0.15, 0.2) is 46.6 Å². The average Bonchev–Trinajstić information content (AvgIpc) is 2.84. The summed E-state index contributed by atoms with van der Waals surface area (Å²) in [6, 6.07) is 11.3. The van der Waals surface area contributed by atoms with Crippen molar-refractivity contribution in [2.75, 3.05) is 19.8 Å². The summed E-state index contributed by atoms with van der Waals surface area (Å²) in [6.45, 7) is 2.47. The molecular weight excluding hydrogens is 262 g/mol. The van der Waals surface area contributed by atoms with Crippen LogP contribution in [0, 0.1) is 0 Å². The summed E-state index contributed by atoms with van der Waals surface area (Å²) in [7, 11) is 0. The normalized spacial score (nSPS) is 10.5. The molecule has 5 heteroatoms. The molecule has 0 aliphatic heterocycles. The van der Waals surface area contributed by atoms with Crippen LogP contribution in [-0.4, -0.2) is 23.8 Å². The third-order valence-electron chi connectivity index (χ3n) is 2.53. The van der Waals surface area contributed by atoms with Crippen molar-refractivity contribution in [3.05, 3.63) is 52.1 Å². The molecule has 0 N–H and O–H groups in total. The van der Waals surface area contributed by atoms with E-state index in [1.165, 1.54) is 11.5 Å². The Morgan fingerprint density at radius 1 is 1.05 bits per heavy atom. The first-order valence-electron chi connectivity index (χ1n) is 6.27. The van der Waals surface area contributed by atoms with Gasteiger partial charge in [-0.3, -0.25) is 8.75 Å². The van der Waals surface area contributed by atoms with E-state index >= 15 is 0 Å². The molecule has 0 aliphatic rings. The molecule has 0 spiro atoms. The first-order valence-corrected chi connectivity index (χ1v) is 7.10. The molecule has 19 heavy (non-hydrogen) atoms. The van der Waals surface area contributed by atoms with Crippen molar-refractivity contribution < 1.29 is 9.47 Å². The smallest absolute Gasteiger partial charge is 0.260 e. The third-order valence-corrected chi connectivity index (χ3v) is 3.41. The zero-order valence-corrected chi connectivity index (χ0v) is 11.5. The molecule has 0 bridgehead atoms. The van der Waals surface area contributed by atoms with Gasteiger partial charge >= 0.3 is 0 Å². The Labute approximate surface area is 116 Å². The van der Waals surface area contributed by atoms with E-state index in [0.717, 1.165) is 18.7 Å². The van der Waals surface area contributed by atoms with Crippen molar-refractivity contribution in [2.45, 2.75) is 13.0 Å². The molecule has 0 saturated heterocycles. The predicted octanol–water partition coefficient (Wildman–Crippen LogP) is 2.40. The Morgan fingerprint density at radius 3 is 2.63 bits per heavy atom. The number of aryl methyl sites for hydroxylation is 1. The Bertz CT molecular complexity index is 521. The highest BCUT2D eigenvalue weighted by atomic mass is 32.1. The second-order valence-corrected chi connectivity index (χ2v) is 4.90. The van der Waals surface area contributed by atoms with Gasteiger partial charge in [-0.2, -0.15) is 0 Å². The second-order valence-electron chi connectivity index (χ2n) is 3.98. The number of aromatic nitrogens is 1. The largest absolute Gasteiger partial charge is 0.491 e. The summed E-state index contributed by atoms with van der Waals surface area (Å²) in [5.74, 6) is 0.858. The van der Waals surface area contributed by atoms with Crippen molar-refractivity contribution in [1.29, 1.82) is 0 Å². The first kappa shape index (κ1) is 13.8. The molecule has 2 aromatic rings. The van der Waals surface area contributed by atoms with Gasteiger partial charge in [-0.15, -0.1) is 0 Å². The van der Waals surface area contributed by atoms with Gasteiger partial charge in [0.1, 0.15) is 12.4 Å². The van der Waals surface area contributed by atoms with E-state index in [1.54, 1.807) is 15.4 Å². The molecule has 1 heterocycles. The Kier molecular flexibility index (Phi) is 5.65. The SMILES string of the molecule is O=c1ccsn1CCCOCCOc1ccccc1. The van der Waals surface area contributed by atoms with Crippen molar-refractivity contribution in [3.8, 4) is 5.75 Å². The number of hydrogen-bond acceptors (Lipinski definition) is 4. The Balaban J connectivity index is 1.51. The van der Waals surface area contributed by atoms with Gasteiger partial charge in [-0.1, -0.05) is 29.7 Å². The van der Waals surface area contributed by atoms with E-state index in [2.05, 4.69) is 0 Å². The highest BCUT2D eigenvalue weighted by molar-refractivity contribution is 7.04. The molecule has 0 fully saturated rings. The zero-order valence-electron chi connectivity index (χ0n) is 10.7. The maximum atomic E-state index is 11.3. The average molecular weight is 279 g/mol. The molecule has 2 rings (SSSR count). The van der Waals surface area contributed by atoms with Crippen LogP contribution in [0.5, 0.6) is 5.75 Å². The zero-order chi connectivity index (χ0) is 13.3. The van der Waals surface area contributed by atoms with E-state index in [4.69, 9.17) is 9.47 Å². The third kappa shape index (κ3) is 4.89. The second kappa shape index (κ2) is 7.76. The molecule has 1 aromatic heterocycles. The Morgan fingerprint density at radius 2 is 1.89 bits per heavy atom. The van der Waals surface area contributed by atoms with Gasteiger partial charge in [0.2, 0.25) is 0 Å². The molecule has 0 unspecified atom stereocenters. The summed E-state index contributed by atoms with van der Waals surface area (Å²) >= 11 is 1.44. The van der Waals surface area contributed by atoms with Crippen LogP contribution in [-0.2, 0) is 11.3 Å². The molecule has 0 saturated carbocycles. The van der Waals surface area contributed by atoms with E-state index < -0.39 is 0 Å². The summed E-state index contributed by atoms with van der Waals surface area (Å²) in [5.41, 5.74) is 0.0670. The molecule has 0 amide bonds. The number of benzene rings is 1. The van der Waals surface area contributed by atoms with Crippen LogP contribution in [0.3, 0.4) is 0 Å². The summed E-state index contributed by atoms with van der Waals surface area (Å²) in [6.07, 6.45) is 0.839. The summed E-state index contributed by atoms with van der Waals surface area (Å²) in [4.78, 5) is 11.3. The van der Waals surface area contributed by atoms with Gasteiger partial charge in [0, 0.05) is 24.6 Å². The topological polar surface area (TPSA) is 40.5 Å². The molecular formula is C14H17NO3S. The number of para-hydroxylation sites is 1. The lowest BCUT2D eigenvalue weighted by molar-refractivity contribution is 0.0966. The van der Waals surface area contributed by atoms with Gasteiger partial charge in [-0.05, 0) is 18.6 Å². The van der Waals surface area contributed by atoms with Crippen LogP contribution >= 0.6 is 11.5 Å². The maximum Gasteiger partial charge on any atom is 0.260 e. The van der Waals surface area contributed by atoms with Gasteiger partial charge in [0.05, 0.1) is 6.61 Å². The van der Waals surface area contributed by atoms with Gasteiger partial charge < -0.3 is 9.47 Å². The summed E-state index contributed by atoms with van der Waals surface area (Å²) < 4.78 is 12.7. The van der Waals surface area contributed by atoms with E-state index in [1.807, 2.05) is 30.3 Å². The number of hydrogen-bond donors (Lipinski definition) is 0. The lowest BCUT2D eigenvalue weighted by Crippen LogP contribution is -2.14. The lowest BCUT2D eigenvalue weighted by Gasteiger charge is -2.07. The quantitative estimate of drug-likeness (QED) is 0.697. The number of nitrogens with zero attached hydrogens (tertiary/aromatic N) is 1. The van der Waals surface area contributed by atoms with Gasteiger partial charge in [0.15, 0.2) is 0 Å². The number of ether oxygens (including phenoxy) is 2. The van der Waals surface area contributed by atoms with Crippen molar-refractivity contribution in [3.63, 3.8) is 0 Å². The molecule has 0 atom stereocenters. The fourth-order valence-electron chi connectivity index (χ4n) is 1.61. The van der Waals surface area contributed by atoms with Crippen LogP contribution in [0.1, 0.15) is 6.42 Å². The molecule has 0 aliphatic carbocycles. The van der Waals surface area contributed by atoms with Crippen LogP contribution < -0.4 is 10.3 Å². The van der Waals surface area contributed by atoms with E-state index in [-0.39, 0.29) is 5.56 Å². The lowest BCUT2D eigenvalue weighted by atomic mass is 10.3. The molecule has 4 nitrogen and oxygen atoms in total. The van der Waals surface area contributed by atoms with Crippen molar-refractivity contribution in [2.24, 2.45) is 0 Å². The minimum absolute atomic E-state index is 0.0670. The fraction of sp³-hybridized carbons (Fsp3) is 0.357. The van der Waals surface area contributed by atoms with Gasteiger partial charge in [-0.25, -0.2) is 0 Å². The van der Waals surface area contributed by atoms with Crippen LogP contribution in [0.2, 0.25) is 0 Å². The summed E-state index contributed by atoms with van der Waals surface area (Å²) in [5, 5.41) is 1.80. The highest BCUT2D eigenvalue weighted by Crippen LogP contribution is 2.07. The van der Waals surface area contributed by atoms with Crippen molar-refractivity contribution >= 4 is 11.5 Å². The highest BCUT2D eigenvalue weighted by Gasteiger charge is 1.97. The minimum atomic E-state index is 0.0670. The first-order chi connectivity index (χ1) is 9.36. The minimum Gasteiger partial charge on any atom is -0.491 e. The van der Waals surface area contributed by atoms with E-state index in [9.17, 15) is 4.79 Å². The predicted molar refractivity (Wildman–Crippen MR) is 76.0 cm³/mol. The van der Waals surface area contributed by atoms with Crippen LogP contribution in [0.4, 0.5) is 0 Å². The maximum absolute atomic E-state index is 11.3. The monoisotopic (exact) mass is 279 g/mol. The molecule has 0 radical (unpaired) electrons. The fourth-order valence-corrected chi connectivity index (χ4v) is 2.33. The van der Waals surface area contributed by atoms with E-state index in [0.29, 0.717) is 19.8 Å². The standard InChI is InChI=1S/C14H17NO3S/c16-14-7-12-19-15(14)8-4-9-17-10-11-18-13-5-2-1-3-6-13/h1-3,5-7,12H,4,8-11H2. The van der Waals surface area contributed by atoms with Crippen LogP contribution in [0.25, 0.3) is 0 Å². The van der Waals surface area contributed by atoms with Gasteiger partial charge in [0.25, 0.3) is 5.56 Å². The Hall–Kier alpha value is -1.59. The molecule has 1 aromatic carbocycles. The number of rotatable bonds is 8.